The molecule has 0 aliphatic carbocycles. The molecule has 2 aromatic rings. The SMILES string of the molecule is COC(=O)C1=C(Nc2ccc(CNC(=O)OCc3ccccc3)cc2)C(=O)N(CCO)C1. The fraction of sp³-hybridized carbons (Fsp3) is 0.261. The van der Waals surface area contributed by atoms with Crippen molar-refractivity contribution >= 4 is 23.7 Å². The highest BCUT2D eigenvalue weighted by molar-refractivity contribution is 6.08. The van der Waals surface area contributed by atoms with Crippen LogP contribution in [-0.2, 0) is 32.2 Å². The average Bonchev–Trinajstić information content (AvgIpc) is 3.12. The van der Waals surface area contributed by atoms with Crippen molar-refractivity contribution in [3.63, 3.8) is 0 Å². The molecular weight excluding hydrogens is 414 g/mol. The van der Waals surface area contributed by atoms with E-state index in [-0.39, 0.29) is 50.0 Å². The summed E-state index contributed by atoms with van der Waals surface area (Å²) < 4.78 is 9.94. The van der Waals surface area contributed by atoms with Crippen LogP contribution >= 0.6 is 0 Å². The highest BCUT2D eigenvalue weighted by Gasteiger charge is 2.34. The minimum absolute atomic E-state index is 0.0709. The van der Waals surface area contributed by atoms with Gasteiger partial charge in [-0.3, -0.25) is 4.79 Å². The predicted octanol–water partition coefficient (Wildman–Crippen LogP) is 1.79. The zero-order valence-corrected chi connectivity index (χ0v) is 17.7. The van der Waals surface area contributed by atoms with Gasteiger partial charge in [-0.05, 0) is 23.3 Å². The number of hydrogen-bond donors (Lipinski definition) is 3. The van der Waals surface area contributed by atoms with Gasteiger partial charge < -0.3 is 30.1 Å². The predicted molar refractivity (Wildman–Crippen MR) is 116 cm³/mol. The summed E-state index contributed by atoms with van der Waals surface area (Å²) in [6.45, 7) is 0.446. The number of alkyl carbamates (subject to hydrolysis) is 1. The highest BCUT2D eigenvalue weighted by atomic mass is 16.5. The van der Waals surface area contributed by atoms with Crippen molar-refractivity contribution in [2.24, 2.45) is 0 Å². The maximum absolute atomic E-state index is 12.6. The van der Waals surface area contributed by atoms with E-state index in [1.807, 2.05) is 30.3 Å². The van der Waals surface area contributed by atoms with E-state index in [9.17, 15) is 14.4 Å². The number of aliphatic hydroxyl groups is 1. The third-order valence-electron chi connectivity index (χ3n) is 4.83. The Bertz CT molecular complexity index is 989. The molecule has 0 saturated carbocycles. The molecule has 9 heteroatoms. The Morgan fingerprint density at radius 2 is 1.78 bits per heavy atom. The van der Waals surface area contributed by atoms with Crippen molar-refractivity contribution in [2.45, 2.75) is 13.2 Å². The minimum atomic E-state index is -0.601. The minimum Gasteiger partial charge on any atom is -0.466 e. The fourth-order valence-electron chi connectivity index (χ4n) is 3.15. The van der Waals surface area contributed by atoms with E-state index in [0.717, 1.165) is 11.1 Å². The lowest BCUT2D eigenvalue weighted by molar-refractivity contribution is -0.136. The average molecular weight is 439 g/mol. The van der Waals surface area contributed by atoms with Crippen molar-refractivity contribution < 1.29 is 29.0 Å². The van der Waals surface area contributed by atoms with Gasteiger partial charge in [0.15, 0.2) is 0 Å². The molecule has 0 aromatic heterocycles. The normalized spacial score (nSPS) is 13.2. The van der Waals surface area contributed by atoms with Gasteiger partial charge in [0.05, 0.1) is 25.8 Å². The molecule has 2 amide bonds. The number of carbonyl (C=O) groups is 3. The molecule has 0 atom stereocenters. The standard InChI is InChI=1S/C23H25N3O6/c1-31-22(29)19-14-26(11-12-27)21(28)20(19)25-18-9-7-16(8-10-18)13-24-23(30)32-15-17-5-3-2-4-6-17/h2-10,25,27H,11-15H2,1H3,(H,24,30). The first kappa shape index (κ1) is 22.8. The molecule has 0 unspecified atom stereocenters. The molecule has 1 heterocycles. The summed E-state index contributed by atoms with van der Waals surface area (Å²) in [7, 11) is 1.25. The van der Waals surface area contributed by atoms with Crippen molar-refractivity contribution in [3.05, 3.63) is 77.0 Å². The number of amides is 2. The largest absolute Gasteiger partial charge is 0.466 e. The van der Waals surface area contributed by atoms with E-state index < -0.39 is 12.1 Å². The van der Waals surface area contributed by atoms with E-state index in [4.69, 9.17) is 14.6 Å². The molecule has 32 heavy (non-hydrogen) atoms. The molecule has 9 nitrogen and oxygen atoms in total. The topological polar surface area (TPSA) is 117 Å². The molecular formula is C23H25N3O6. The maximum atomic E-state index is 12.6. The number of carbonyl (C=O) groups excluding carboxylic acids is 3. The summed E-state index contributed by atoms with van der Waals surface area (Å²) in [6, 6.07) is 16.4. The van der Waals surface area contributed by atoms with Gasteiger partial charge in [-0.1, -0.05) is 42.5 Å². The van der Waals surface area contributed by atoms with Crippen LogP contribution in [0.5, 0.6) is 0 Å². The zero-order valence-electron chi connectivity index (χ0n) is 17.7. The summed E-state index contributed by atoms with van der Waals surface area (Å²) in [5.74, 6) is -0.984. The molecule has 168 valence electrons. The Morgan fingerprint density at radius 3 is 2.44 bits per heavy atom. The smallest absolute Gasteiger partial charge is 0.407 e. The van der Waals surface area contributed by atoms with Gasteiger partial charge in [0, 0.05) is 18.8 Å². The van der Waals surface area contributed by atoms with Crippen molar-refractivity contribution in [1.82, 2.24) is 10.2 Å². The number of benzene rings is 2. The van der Waals surface area contributed by atoms with E-state index in [0.29, 0.717) is 5.69 Å². The maximum Gasteiger partial charge on any atom is 0.407 e. The zero-order chi connectivity index (χ0) is 22.9. The molecule has 0 radical (unpaired) electrons. The third kappa shape index (κ3) is 5.86. The van der Waals surface area contributed by atoms with Gasteiger partial charge in [-0.15, -0.1) is 0 Å². The van der Waals surface area contributed by atoms with Crippen LogP contribution in [0.1, 0.15) is 11.1 Å². The van der Waals surface area contributed by atoms with E-state index in [1.54, 1.807) is 24.3 Å². The third-order valence-corrected chi connectivity index (χ3v) is 4.83. The lowest BCUT2D eigenvalue weighted by atomic mass is 10.2. The first-order valence-corrected chi connectivity index (χ1v) is 10.0. The first-order chi connectivity index (χ1) is 15.5. The molecule has 3 rings (SSSR count). The van der Waals surface area contributed by atoms with Crippen LogP contribution in [0.15, 0.2) is 65.9 Å². The molecule has 1 aliphatic heterocycles. The Hall–Kier alpha value is -3.85. The van der Waals surface area contributed by atoms with Crippen LogP contribution in [0.4, 0.5) is 10.5 Å². The van der Waals surface area contributed by atoms with Gasteiger partial charge in [-0.2, -0.15) is 0 Å². The fourth-order valence-corrected chi connectivity index (χ4v) is 3.15. The van der Waals surface area contributed by atoms with E-state index in [2.05, 4.69) is 10.6 Å². The summed E-state index contributed by atoms with van der Waals surface area (Å²) in [5, 5.41) is 14.8. The van der Waals surface area contributed by atoms with Gasteiger partial charge in [0.25, 0.3) is 5.91 Å². The number of nitrogens with zero attached hydrogens (tertiary/aromatic N) is 1. The Morgan fingerprint density at radius 1 is 1.06 bits per heavy atom. The second-order valence-electron chi connectivity index (χ2n) is 7.03. The highest BCUT2D eigenvalue weighted by Crippen LogP contribution is 2.23. The lowest BCUT2D eigenvalue weighted by Gasteiger charge is -2.15. The molecule has 0 spiro atoms. The number of esters is 1. The molecule has 0 saturated heterocycles. The molecule has 3 N–H and O–H groups in total. The lowest BCUT2D eigenvalue weighted by Crippen LogP contribution is -2.31. The molecule has 1 aliphatic rings. The first-order valence-electron chi connectivity index (χ1n) is 10.0. The number of β-amino-alcohol motifs (C(OH)–C–C–N with tert-alkyl or cyclic N) is 1. The Kier molecular flexibility index (Phi) is 7.82. The van der Waals surface area contributed by atoms with Crippen LogP contribution < -0.4 is 10.6 Å². The van der Waals surface area contributed by atoms with Gasteiger partial charge in [0.2, 0.25) is 0 Å². The van der Waals surface area contributed by atoms with Gasteiger partial charge in [0.1, 0.15) is 12.3 Å². The van der Waals surface area contributed by atoms with Gasteiger partial charge >= 0.3 is 12.1 Å². The number of rotatable bonds is 9. The van der Waals surface area contributed by atoms with Crippen molar-refractivity contribution in [2.75, 3.05) is 32.1 Å². The number of ether oxygens (including phenoxy) is 2. The van der Waals surface area contributed by atoms with Crippen LogP contribution in [0.25, 0.3) is 0 Å². The second kappa shape index (κ2) is 11.0. The van der Waals surface area contributed by atoms with E-state index in [1.165, 1.54) is 12.0 Å². The number of methoxy groups -OCH3 is 1. The van der Waals surface area contributed by atoms with Crippen molar-refractivity contribution in [1.29, 1.82) is 0 Å². The second-order valence-corrected chi connectivity index (χ2v) is 7.03. The molecule has 2 aromatic carbocycles. The van der Waals surface area contributed by atoms with E-state index >= 15 is 0 Å². The monoisotopic (exact) mass is 439 g/mol. The van der Waals surface area contributed by atoms with Crippen LogP contribution in [-0.4, -0.2) is 54.8 Å². The Balaban J connectivity index is 1.56. The van der Waals surface area contributed by atoms with Crippen LogP contribution in [0.3, 0.4) is 0 Å². The summed E-state index contributed by atoms with van der Waals surface area (Å²) in [6.07, 6.45) is -0.524. The number of anilines is 1. The number of nitrogens with one attached hydrogen (secondary N) is 2. The van der Waals surface area contributed by atoms with Crippen LogP contribution in [0, 0.1) is 0 Å². The van der Waals surface area contributed by atoms with Crippen LogP contribution in [0.2, 0.25) is 0 Å². The Labute approximate surface area is 185 Å². The quantitative estimate of drug-likeness (QED) is 0.510. The number of aliphatic hydroxyl groups excluding tert-OH is 1. The summed E-state index contributed by atoms with van der Waals surface area (Å²) in [4.78, 5) is 37.9. The summed E-state index contributed by atoms with van der Waals surface area (Å²) >= 11 is 0. The molecule has 0 fully saturated rings. The molecule has 0 bridgehead atoms. The van der Waals surface area contributed by atoms with Gasteiger partial charge in [-0.25, -0.2) is 9.59 Å². The van der Waals surface area contributed by atoms with Crippen molar-refractivity contribution in [3.8, 4) is 0 Å². The number of hydrogen-bond acceptors (Lipinski definition) is 7. The summed E-state index contributed by atoms with van der Waals surface area (Å²) in [5.41, 5.74) is 2.65.